The molecule has 112 valence electrons. The van der Waals surface area contributed by atoms with Gasteiger partial charge in [-0.15, -0.1) is 0 Å². The maximum Gasteiger partial charge on any atom is 0.241 e. The van der Waals surface area contributed by atoms with Gasteiger partial charge in [0.1, 0.15) is 0 Å². The van der Waals surface area contributed by atoms with Crippen LogP contribution in [0.5, 0.6) is 0 Å². The molecular weight excluding hydrogens is 284 g/mol. The van der Waals surface area contributed by atoms with Crippen molar-refractivity contribution in [3.05, 3.63) is 59.2 Å². The van der Waals surface area contributed by atoms with Crippen molar-refractivity contribution in [2.75, 3.05) is 5.73 Å². The van der Waals surface area contributed by atoms with Crippen LogP contribution >= 0.6 is 0 Å². The minimum absolute atomic E-state index is 0.299. The Labute approximate surface area is 126 Å². The van der Waals surface area contributed by atoms with Crippen LogP contribution in [0.25, 0.3) is 0 Å². The number of benzene rings is 2. The van der Waals surface area contributed by atoms with E-state index in [9.17, 15) is 8.42 Å². The number of rotatable bonds is 4. The van der Waals surface area contributed by atoms with Gasteiger partial charge in [0, 0.05) is 11.7 Å². The Balaban J connectivity index is 2.36. The van der Waals surface area contributed by atoms with Crippen molar-refractivity contribution in [1.29, 1.82) is 0 Å². The number of nitrogens with one attached hydrogen (secondary N) is 1. The van der Waals surface area contributed by atoms with Gasteiger partial charge in [0.25, 0.3) is 0 Å². The van der Waals surface area contributed by atoms with E-state index in [-0.39, 0.29) is 6.04 Å². The molecule has 1 atom stereocenters. The molecule has 0 aliphatic carbocycles. The zero-order valence-electron chi connectivity index (χ0n) is 12.4. The van der Waals surface area contributed by atoms with Gasteiger partial charge in [-0.2, -0.15) is 0 Å². The van der Waals surface area contributed by atoms with Gasteiger partial charge in [-0.1, -0.05) is 30.3 Å². The number of nitrogens with two attached hydrogens (primary N) is 1. The molecule has 0 radical (unpaired) electrons. The molecule has 0 saturated heterocycles. The van der Waals surface area contributed by atoms with Crippen LogP contribution in [-0.4, -0.2) is 8.42 Å². The van der Waals surface area contributed by atoms with E-state index in [4.69, 9.17) is 5.73 Å². The molecule has 0 aliphatic heterocycles. The highest BCUT2D eigenvalue weighted by molar-refractivity contribution is 7.89. The third kappa shape index (κ3) is 3.43. The average Bonchev–Trinajstić information content (AvgIpc) is 2.37. The van der Waals surface area contributed by atoms with Gasteiger partial charge in [0.2, 0.25) is 10.0 Å². The fraction of sp³-hybridized carbons (Fsp3) is 0.250. The fourth-order valence-electron chi connectivity index (χ4n) is 2.51. The molecule has 0 unspecified atom stereocenters. The summed E-state index contributed by atoms with van der Waals surface area (Å²) in [6.45, 7) is 5.34. The van der Waals surface area contributed by atoms with E-state index in [0.717, 1.165) is 5.56 Å². The Morgan fingerprint density at radius 3 is 2.10 bits per heavy atom. The van der Waals surface area contributed by atoms with Crippen molar-refractivity contribution in [1.82, 2.24) is 4.72 Å². The summed E-state index contributed by atoms with van der Waals surface area (Å²) in [4.78, 5) is 0.305. The first-order valence-electron chi connectivity index (χ1n) is 6.75. The molecule has 5 heteroatoms. The summed E-state index contributed by atoms with van der Waals surface area (Å²) >= 11 is 0. The van der Waals surface area contributed by atoms with Gasteiger partial charge >= 0.3 is 0 Å². The summed E-state index contributed by atoms with van der Waals surface area (Å²) in [7, 11) is -3.59. The second-order valence-electron chi connectivity index (χ2n) is 5.24. The highest BCUT2D eigenvalue weighted by atomic mass is 32.2. The number of nitrogen functional groups attached to an aromatic ring is 1. The van der Waals surface area contributed by atoms with Gasteiger partial charge < -0.3 is 5.73 Å². The minimum Gasteiger partial charge on any atom is -0.399 e. The van der Waals surface area contributed by atoms with Crippen molar-refractivity contribution in [3.8, 4) is 0 Å². The van der Waals surface area contributed by atoms with Crippen molar-refractivity contribution in [2.45, 2.75) is 31.7 Å². The summed E-state index contributed by atoms with van der Waals surface area (Å²) in [6.07, 6.45) is 0. The highest BCUT2D eigenvalue weighted by Crippen LogP contribution is 2.24. The van der Waals surface area contributed by atoms with Gasteiger partial charge in [0.15, 0.2) is 0 Å². The zero-order chi connectivity index (χ0) is 15.6. The molecule has 0 aliphatic rings. The van der Waals surface area contributed by atoms with Gasteiger partial charge in [0.05, 0.1) is 4.90 Å². The second-order valence-corrected chi connectivity index (χ2v) is 6.89. The number of hydrogen-bond donors (Lipinski definition) is 2. The number of hydrogen-bond acceptors (Lipinski definition) is 3. The largest absolute Gasteiger partial charge is 0.399 e. The van der Waals surface area contributed by atoms with Crippen LogP contribution in [-0.2, 0) is 10.0 Å². The molecule has 0 bridgehead atoms. The van der Waals surface area contributed by atoms with E-state index in [0.29, 0.717) is 21.7 Å². The van der Waals surface area contributed by atoms with Crippen molar-refractivity contribution in [2.24, 2.45) is 0 Å². The molecular formula is C16H20N2O2S. The van der Waals surface area contributed by atoms with E-state index >= 15 is 0 Å². The Morgan fingerprint density at radius 1 is 1.05 bits per heavy atom. The van der Waals surface area contributed by atoms with E-state index < -0.39 is 10.0 Å². The third-order valence-corrected chi connectivity index (χ3v) is 5.23. The lowest BCUT2D eigenvalue weighted by Gasteiger charge is -2.17. The van der Waals surface area contributed by atoms with Crippen molar-refractivity contribution >= 4 is 15.7 Å². The monoisotopic (exact) mass is 304 g/mol. The van der Waals surface area contributed by atoms with E-state index in [2.05, 4.69) is 4.72 Å². The van der Waals surface area contributed by atoms with Gasteiger partial charge in [-0.05, 0) is 49.6 Å². The summed E-state index contributed by atoms with van der Waals surface area (Å²) < 4.78 is 28.0. The molecule has 0 amide bonds. The normalized spacial score (nSPS) is 13.1. The Bertz CT molecular complexity index is 717. The van der Waals surface area contributed by atoms with Gasteiger partial charge in [-0.3, -0.25) is 0 Å². The van der Waals surface area contributed by atoms with E-state index in [1.807, 2.05) is 37.3 Å². The van der Waals surface area contributed by atoms with Crippen LogP contribution in [0.1, 0.15) is 29.7 Å². The van der Waals surface area contributed by atoms with Crippen LogP contribution in [0, 0.1) is 13.8 Å². The van der Waals surface area contributed by atoms with Crippen molar-refractivity contribution < 1.29 is 8.42 Å². The second kappa shape index (κ2) is 5.87. The van der Waals surface area contributed by atoms with Crippen LogP contribution in [0.15, 0.2) is 47.4 Å². The average molecular weight is 304 g/mol. The minimum atomic E-state index is -3.59. The lowest BCUT2D eigenvalue weighted by Crippen LogP contribution is -2.28. The molecule has 4 nitrogen and oxygen atoms in total. The Morgan fingerprint density at radius 2 is 1.57 bits per heavy atom. The summed E-state index contributed by atoms with van der Waals surface area (Å²) in [5.41, 5.74) is 8.55. The first-order valence-corrected chi connectivity index (χ1v) is 8.23. The molecule has 2 aromatic rings. The molecule has 2 aromatic carbocycles. The molecule has 21 heavy (non-hydrogen) atoms. The van der Waals surface area contributed by atoms with Crippen LogP contribution in [0.3, 0.4) is 0 Å². The highest BCUT2D eigenvalue weighted by Gasteiger charge is 2.22. The summed E-state index contributed by atoms with van der Waals surface area (Å²) in [5.74, 6) is 0. The molecule has 0 saturated carbocycles. The number of sulfonamides is 1. The fourth-order valence-corrected chi connectivity index (χ4v) is 4.19. The third-order valence-electron chi connectivity index (χ3n) is 3.38. The molecule has 3 N–H and O–H groups in total. The van der Waals surface area contributed by atoms with Crippen LogP contribution < -0.4 is 10.5 Å². The maximum atomic E-state index is 12.6. The molecule has 0 aromatic heterocycles. The lowest BCUT2D eigenvalue weighted by molar-refractivity contribution is 0.565. The van der Waals surface area contributed by atoms with Crippen LogP contribution in [0.4, 0.5) is 5.69 Å². The van der Waals surface area contributed by atoms with Crippen molar-refractivity contribution in [3.63, 3.8) is 0 Å². The van der Waals surface area contributed by atoms with E-state index in [1.165, 1.54) is 0 Å². The zero-order valence-corrected chi connectivity index (χ0v) is 13.2. The first kappa shape index (κ1) is 15.5. The maximum absolute atomic E-state index is 12.6. The predicted octanol–water partition coefficient (Wildman–Crippen LogP) is 2.93. The molecule has 0 fully saturated rings. The number of aryl methyl sites for hydroxylation is 2. The first-order chi connectivity index (χ1) is 9.81. The SMILES string of the molecule is Cc1cc(N)cc(C)c1S(=O)(=O)N[C@@H](C)c1ccccc1. The molecule has 2 rings (SSSR count). The Hall–Kier alpha value is -1.85. The summed E-state index contributed by atoms with van der Waals surface area (Å²) in [6, 6.07) is 12.5. The lowest BCUT2D eigenvalue weighted by atomic mass is 10.1. The predicted molar refractivity (Wildman–Crippen MR) is 85.5 cm³/mol. The Kier molecular flexibility index (Phi) is 4.34. The van der Waals surface area contributed by atoms with Gasteiger partial charge in [-0.25, -0.2) is 13.1 Å². The standard InChI is InChI=1S/C16H20N2O2S/c1-11-9-15(17)10-12(2)16(11)21(19,20)18-13(3)14-7-5-4-6-8-14/h4-10,13,18H,17H2,1-3H3/t13-/m0/s1. The molecule has 0 spiro atoms. The van der Waals surface area contributed by atoms with E-state index in [1.54, 1.807) is 26.0 Å². The quantitative estimate of drug-likeness (QED) is 0.853. The summed E-state index contributed by atoms with van der Waals surface area (Å²) in [5, 5.41) is 0. The molecule has 0 heterocycles. The van der Waals surface area contributed by atoms with Crippen LogP contribution in [0.2, 0.25) is 0 Å². The smallest absolute Gasteiger partial charge is 0.241 e. The number of anilines is 1. The topological polar surface area (TPSA) is 72.2 Å².